The molecule has 2 fully saturated rings. The Balaban J connectivity index is 1.39. The lowest BCUT2D eigenvalue weighted by Crippen LogP contribution is -2.47. The van der Waals surface area contributed by atoms with Crippen LogP contribution in [0, 0.1) is 18.3 Å². The van der Waals surface area contributed by atoms with Gasteiger partial charge in [-0.25, -0.2) is 0 Å². The Kier molecular flexibility index (Phi) is 5.94. The third kappa shape index (κ3) is 4.20. The molecule has 5 rings (SSSR count). The minimum Gasteiger partial charge on any atom is -0.351 e. The van der Waals surface area contributed by atoms with Crippen LogP contribution in [0.5, 0.6) is 0 Å². The molecule has 0 spiro atoms. The SMILES string of the molecule is Cc1cc(Nc2nc(N[C@@H]3C[C@H]4CC[C@@H](C3)N4CCC#N)nc3c2ccn3SI)n[nH]1. The Bertz CT molecular complexity index is 1110. The number of aromatic nitrogens is 5. The standard InChI is InChI=1S/C20H24IN9S/c1-12-9-17(28-27-12)24-18-16-5-8-30(31-21)19(16)26-20(25-18)23-13-10-14-3-4-15(11-13)29(14)7-2-6-22/h5,8-9,13-15H,2-4,7,10-11H2,1H3,(H3,23,24,25,26,27,28)/t13-,14-,15+. The second kappa shape index (κ2) is 8.84. The highest BCUT2D eigenvalue weighted by molar-refractivity contribution is 14.2. The summed E-state index contributed by atoms with van der Waals surface area (Å²) in [5, 5.41) is 24.1. The zero-order valence-corrected chi connectivity index (χ0v) is 20.2. The molecule has 2 aliphatic heterocycles. The highest BCUT2D eigenvalue weighted by atomic mass is 127. The third-order valence-corrected chi connectivity index (χ3v) is 7.95. The van der Waals surface area contributed by atoms with E-state index >= 15 is 0 Å². The first kappa shape index (κ1) is 20.8. The van der Waals surface area contributed by atoms with Crippen LogP contribution in [0.4, 0.5) is 17.6 Å². The fourth-order valence-electron chi connectivity index (χ4n) is 4.93. The molecular formula is C20H24IN9S. The number of aromatic amines is 1. The maximum Gasteiger partial charge on any atom is 0.226 e. The molecule has 0 aliphatic carbocycles. The van der Waals surface area contributed by atoms with Crippen molar-refractivity contribution in [3.05, 3.63) is 24.0 Å². The van der Waals surface area contributed by atoms with Gasteiger partial charge in [0, 0.05) is 79.4 Å². The molecule has 3 aromatic rings. The zero-order valence-electron chi connectivity index (χ0n) is 17.2. The highest BCUT2D eigenvalue weighted by Gasteiger charge is 2.40. The van der Waals surface area contributed by atoms with Gasteiger partial charge in [0.1, 0.15) is 5.82 Å². The summed E-state index contributed by atoms with van der Waals surface area (Å²) in [5.41, 5.74) is 1.87. The quantitative estimate of drug-likeness (QED) is 0.373. The van der Waals surface area contributed by atoms with Gasteiger partial charge in [0.2, 0.25) is 5.95 Å². The van der Waals surface area contributed by atoms with Crippen molar-refractivity contribution in [2.45, 2.75) is 57.2 Å². The molecule has 9 nitrogen and oxygen atoms in total. The molecule has 2 aliphatic rings. The number of nitrogens with one attached hydrogen (secondary N) is 3. The minimum absolute atomic E-state index is 0.337. The normalized spacial score (nSPS) is 23.2. The molecule has 3 N–H and O–H groups in total. The molecule has 3 atom stereocenters. The van der Waals surface area contributed by atoms with Gasteiger partial charge in [-0.2, -0.15) is 20.3 Å². The number of halogens is 1. The Morgan fingerprint density at radius 1 is 1.32 bits per heavy atom. The maximum absolute atomic E-state index is 8.96. The zero-order chi connectivity index (χ0) is 21.4. The molecule has 2 bridgehead atoms. The van der Waals surface area contributed by atoms with Crippen molar-refractivity contribution < 1.29 is 0 Å². The van der Waals surface area contributed by atoms with Gasteiger partial charge in [0.05, 0.1) is 11.5 Å². The van der Waals surface area contributed by atoms with Crippen LogP contribution in [0.15, 0.2) is 18.3 Å². The van der Waals surface area contributed by atoms with Gasteiger partial charge in [-0.05, 0) is 38.7 Å². The van der Waals surface area contributed by atoms with Crippen LogP contribution in [0.25, 0.3) is 11.0 Å². The van der Waals surface area contributed by atoms with E-state index in [0.29, 0.717) is 30.5 Å². The second-order valence-electron chi connectivity index (χ2n) is 8.25. The number of fused-ring (bicyclic) bond motifs is 3. The van der Waals surface area contributed by atoms with E-state index in [9.17, 15) is 0 Å². The summed E-state index contributed by atoms with van der Waals surface area (Å²) in [6.07, 6.45) is 7.17. The molecule has 0 unspecified atom stereocenters. The molecule has 3 aromatic heterocycles. The number of nitrogens with zero attached hydrogens (tertiary/aromatic N) is 6. The molecular weight excluding hydrogens is 525 g/mol. The largest absolute Gasteiger partial charge is 0.351 e. The van der Waals surface area contributed by atoms with E-state index in [-0.39, 0.29) is 0 Å². The van der Waals surface area contributed by atoms with Crippen molar-refractivity contribution in [3.8, 4) is 6.07 Å². The van der Waals surface area contributed by atoms with Crippen molar-refractivity contribution in [1.29, 1.82) is 5.26 Å². The van der Waals surface area contributed by atoms with Gasteiger partial charge in [-0.1, -0.05) is 0 Å². The third-order valence-electron chi connectivity index (χ3n) is 6.24. The first-order valence-electron chi connectivity index (χ1n) is 10.5. The first-order chi connectivity index (χ1) is 15.1. The van der Waals surface area contributed by atoms with E-state index in [1.807, 2.05) is 29.2 Å². The molecule has 0 saturated carbocycles. The lowest BCUT2D eigenvalue weighted by atomic mass is 9.97. The summed E-state index contributed by atoms with van der Waals surface area (Å²) < 4.78 is 2.04. The molecule has 5 heterocycles. The number of H-pyrrole nitrogens is 1. The van der Waals surface area contributed by atoms with Crippen molar-refractivity contribution in [3.63, 3.8) is 0 Å². The van der Waals surface area contributed by atoms with E-state index in [0.717, 1.165) is 47.7 Å². The van der Waals surface area contributed by atoms with E-state index in [2.05, 4.69) is 53.0 Å². The van der Waals surface area contributed by atoms with Crippen LogP contribution < -0.4 is 10.6 Å². The number of rotatable bonds is 7. The van der Waals surface area contributed by atoms with Crippen molar-refractivity contribution >= 4 is 58.9 Å². The van der Waals surface area contributed by atoms with E-state index in [1.54, 1.807) is 9.12 Å². The minimum atomic E-state index is 0.337. The molecule has 2 saturated heterocycles. The first-order valence-corrected chi connectivity index (χ1v) is 13.8. The molecule has 11 heteroatoms. The van der Waals surface area contributed by atoms with Crippen LogP contribution in [-0.2, 0) is 0 Å². The topological polar surface area (TPSA) is 110 Å². The van der Waals surface area contributed by atoms with Crippen molar-refractivity contribution in [2.24, 2.45) is 0 Å². The van der Waals surface area contributed by atoms with Gasteiger partial charge < -0.3 is 10.6 Å². The summed E-state index contributed by atoms with van der Waals surface area (Å²) in [6, 6.07) is 7.71. The van der Waals surface area contributed by atoms with Gasteiger partial charge >= 0.3 is 0 Å². The van der Waals surface area contributed by atoms with Crippen molar-refractivity contribution in [2.75, 3.05) is 17.2 Å². The second-order valence-corrected chi connectivity index (χ2v) is 9.96. The number of hydrogen-bond acceptors (Lipinski definition) is 8. The van der Waals surface area contributed by atoms with Gasteiger partial charge in [0.15, 0.2) is 11.5 Å². The number of anilines is 3. The molecule has 162 valence electrons. The Morgan fingerprint density at radius 2 is 2.13 bits per heavy atom. The van der Waals surface area contributed by atoms with E-state index < -0.39 is 0 Å². The summed E-state index contributed by atoms with van der Waals surface area (Å²) >= 11 is 2.26. The van der Waals surface area contributed by atoms with Gasteiger partial charge in [-0.15, -0.1) is 0 Å². The predicted molar refractivity (Wildman–Crippen MR) is 132 cm³/mol. The average Bonchev–Trinajstić information content (AvgIpc) is 3.42. The maximum atomic E-state index is 8.96. The number of hydrogen-bond donors (Lipinski definition) is 3. The van der Waals surface area contributed by atoms with E-state index in [4.69, 9.17) is 15.2 Å². The van der Waals surface area contributed by atoms with Gasteiger partial charge in [0.25, 0.3) is 0 Å². The number of aryl methyl sites for hydroxylation is 1. The number of piperidine rings is 1. The molecule has 31 heavy (non-hydrogen) atoms. The molecule has 0 radical (unpaired) electrons. The Hall–Kier alpha value is -2.04. The van der Waals surface area contributed by atoms with Crippen LogP contribution in [0.3, 0.4) is 0 Å². The Labute approximate surface area is 197 Å². The van der Waals surface area contributed by atoms with Crippen LogP contribution in [0.1, 0.15) is 37.8 Å². The molecule has 0 aromatic carbocycles. The van der Waals surface area contributed by atoms with Crippen LogP contribution >= 0.6 is 30.3 Å². The highest BCUT2D eigenvalue weighted by Crippen LogP contribution is 2.37. The summed E-state index contributed by atoms with van der Waals surface area (Å²) in [7, 11) is 1.58. The lowest BCUT2D eigenvalue weighted by molar-refractivity contribution is 0.135. The summed E-state index contributed by atoms with van der Waals surface area (Å²) in [5.74, 6) is 2.13. The smallest absolute Gasteiger partial charge is 0.226 e. The van der Waals surface area contributed by atoms with Crippen LogP contribution in [-0.4, -0.2) is 53.7 Å². The van der Waals surface area contributed by atoms with Crippen LogP contribution in [0.2, 0.25) is 0 Å². The fourth-order valence-corrected chi connectivity index (χ4v) is 6.19. The predicted octanol–water partition coefficient (Wildman–Crippen LogP) is 4.37. The fraction of sp³-hybridized carbons (Fsp3) is 0.500. The van der Waals surface area contributed by atoms with E-state index in [1.165, 1.54) is 12.8 Å². The monoisotopic (exact) mass is 549 g/mol. The summed E-state index contributed by atoms with van der Waals surface area (Å²) in [4.78, 5) is 12.2. The average molecular weight is 549 g/mol. The molecule has 0 amide bonds. The lowest BCUT2D eigenvalue weighted by Gasteiger charge is -2.38. The number of nitriles is 1. The summed E-state index contributed by atoms with van der Waals surface area (Å²) in [6.45, 7) is 2.86. The van der Waals surface area contributed by atoms with Crippen molar-refractivity contribution in [1.82, 2.24) is 29.0 Å². The van der Waals surface area contributed by atoms with Gasteiger partial charge in [-0.3, -0.25) is 14.0 Å². The Morgan fingerprint density at radius 3 is 2.81 bits per heavy atom.